The van der Waals surface area contributed by atoms with E-state index in [1.807, 2.05) is 0 Å². The number of nitro groups is 1. The van der Waals surface area contributed by atoms with Crippen LogP contribution in [0.1, 0.15) is 48.5 Å². The van der Waals surface area contributed by atoms with Crippen molar-refractivity contribution in [2.45, 2.75) is 50.5 Å². The summed E-state index contributed by atoms with van der Waals surface area (Å²) >= 11 is 0. The number of nitro benzene ring substituents is 1. The molecule has 0 heterocycles. The average Bonchev–Trinajstić information content (AvgIpc) is 3.37. The predicted molar refractivity (Wildman–Crippen MR) is 118 cm³/mol. The number of carbonyl (C=O) groups excluding carboxylic acids is 1. The van der Waals surface area contributed by atoms with E-state index in [-0.39, 0.29) is 28.3 Å². The average molecular weight is 459 g/mol. The van der Waals surface area contributed by atoms with Gasteiger partial charge < -0.3 is 9.50 Å². The quantitative estimate of drug-likeness (QED) is 0.377. The van der Waals surface area contributed by atoms with Crippen molar-refractivity contribution in [1.29, 1.82) is 0 Å². The monoisotopic (exact) mass is 458 g/mol. The molecule has 0 aromatic heterocycles. The standard InChI is InChI=1S/C23H26N2O6S/c1-14-3-8-19(25(27)28)13-22(14)32(29,30)31-20-9-6-17(7-10-20)23(26)24-15(2)21-12-16-4-5-18(21)11-16/h3,6-10,13,15-16,18,21H,4-5,11-12H2,1-2H3,(H,24,26)/t15-,16-,18-,21-/m0/s1. The number of fused-ring (bicyclic) bond motifs is 2. The van der Waals surface area contributed by atoms with Crippen LogP contribution in [0.3, 0.4) is 0 Å². The highest BCUT2D eigenvalue weighted by Gasteiger charge is 2.42. The van der Waals surface area contributed by atoms with E-state index in [0.29, 0.717) is 23.0 Å². The van der Waals surface area contributed by atoms with Gasteiger partial charge in [-0.25, -0.2) is 0 Å². The van der Waals surface area contributed by atoms with Gasteiger partial charge in [0.2, 0.25) is 0 Å². The van der Waals surface area contributed by atoms with Crippen LogP contribution in [-0.2, 0) is 10.1 Å². The van der Waals surface area contributed by atoms with Gasteiger partial charge in [-0.3, -0.25) is 14.9 Å². The van der Waals surface area contributed by atoms with E-state index in [4.69, 9.17) is 4.18 Å². The summed E-state index contributed by atoms with van der Waals surface area (Å²) in [6.07, 6.45) is 5.01. The second kappa shape index (κ2) is 8.54. The van der Waals surface area contributed by atoms with Gasteiger partial charge >= 0.3 is 10.1 Å². The third-order valence-corrected chi connectivity index (χ3v) is 8.16. The van der Waals surface area contributed by atoms with Gasteiger partial charge in [-0.1, -0.05) is 12.5 Å². The Balaban J connectivity index is 1.43. The Labute approximate surface area is 187 Å². The van der Waals surface area contributed by atoms with Crippen molar-refractivity contribution in [2.24, 2.45) is 17.8 Å². The fourth-order valence-corrected chi connectivity index (χ4v) is 6.29. The maximum atomic E-state index is 12.6. The van der Waals surface area contributed by atoms with Gasteiger partial charge in [0.1, 0.15) is 10.6 Å². The highest BCUT2D eigenvalue weighted by molar-refractivity contribution is 7.87. The number of nitrogens with one attached hydrogen (secondary N) is 1. The molecule has 1 N–H and O–H groups in total. The van der Waals surface area contributed by atoms with Gasteiger partial charge in [0.05, 0.1) is 4.92 Å². The first-order valence-corrected chi connectivity index (χ1v) is 12.2. The van der Waals surface area contributed by atoms with Crippen molar-refractivity contribution in [1.82, 2.24) is 5.32 Å². The maximum Gasteiger partial charge on any atom is 0.339 e. The lowest BCUT2D eigenvalue weighted by Gasteiger charge is -2.28. The Morgan fingerprint density at radius 2 is 1.88 bits per heavy atom. The van der Waals surface area contributed by atoms with Gasteiger partial charge in [0.15, 0.2) is 0 Å². The summed E-state index contributed by atoms with van der Waals surface area (Å²) in [5.41, 5.74) is 0.409. The molecule has 2 aromatic carbocycles. The zero-order valence-corrected chi connectivity index (χ0v) is 18.8. The number of hydrogen-bond donors (Lipinski definition) is 1. The lowest BCUT2D eigenvalue weighted by atomic mass is 9.84. The van der Waals surface area contributed by atoms with Crippen LogP contribution in [0.4, 0.5) is 5.69 Å². The fourth-order valence-electron chi connectivity index (χ4n) is 5.11. The molecule has 2 aliphatic rings. The third-order valence-electron chi connectivity index (χ3n) is 6.77. The van der Waals surface area contributed by atoms with Gasteiger partial charge in [-0.05, 0) is 80.7 Å². The minimum absolute atomic E-state index is 0.0219. The number of non-ortho nitro benzene ring substituents is 1. The summed E-state index contributed by atoms with van der Waals surface area (Å²) in [7, 11) is -4.27. The molecule has 0 aliphatic heterocycles. The van der Waals surface area contributed by atoms with E-state index in [1.54, 1.807) is 0 Å². The highest BCUT2D eigenvalue weighted by Crippen LogP contribution is 2.49. The highest BCUT2D eigenvalue weighted by atomic mass is 32.2. The summed E-state index contributed by atoms with van der Waals surface area (Å²) in [4.78, 5) is 22.7. The Morgan fingerprint density at radius 3 is 2.47 bits per heavy atom. The minimum Gasteiger partial charge on any atom is -0.379 e. The summed E-state index contributed by atoms with van der Waals surface area (Å²) in [5, 5.41) is 14.1. The second-order valence-electron chi connectivity index (χ2n) is 8.87. The SMILES string of the molecule is Cc1ccc([N+](=O)[O-])cc1S(=O)(=O)Oc1ccc(C(=O)N[C@@H](C)[C@@H]2C[C@H]3CC[C@H]2C3)cc1. The molecule has 0 unspecified atom stereocenters. The van der Waals surface area contributed by atoms with Gasteiger partial charge in [-0.15, -0.1) is 0 Å². The Kier molecular flexibility index (Phi) is 5.94. The largest absolute Gasteiger partial charge is 0.379 e. The molecular weight excluding hydrogens is 432 g/mol. The predicted octanol–water partition coefficient (Wildman–Crippen LogP) is 4.23. The summed E-state index contributed by atoms with van der Waals surface area (Å²) in [5.74, 6) is 1.84. The zero-order chi connectivity index (χ0) is 23.0. The first-order valence-electron chi connectivity index (χ1n) is 10.7. The van der Waals surface area contributed by atoms with Crippen LogP contribution < -0.4 is 9.50 Å². The normalized spacial score (nSPS) is 23.0. The molecule has 1 amide bonds. The van der Waals surface area contributed by atoms with Crippen molar-refractivity contribution < 1.29 is 22.3 Å². The molecular formula is C23H26N2O6S. The number of nitrogens with zero attached hydrogens (tertiary/aromatic N) is 1. The molecule has 32 heavy (non-hydrogen) atoms. The number of aryl methyl sites for hydroxylation is 1. The van der Waals surface area contributed by atoms with Gasteiger partial charge in [0, 0.05) is 23.7 Å². The molecule has 9 heteroatoms. The molecule has 0 saturated heterocycles. The number of amides is 1. The van der Waals surface area contributed by atoms with Crippen molar-refractivity contribution in [3.8, 4) is 5.75 Å². The Bertz CT molecular complexity index is 1150. The maximum absolute atomic E-state index is 12.6. The third kappa shape index (κ3) is 4.48. The van der Waals surface area contributed by atoms with E-state index < -0.39 is 15.0 Å². The van der Waals surface area contributed by atoms with E-state index in [2.05, 4.69) is 12.2 Å². The topological polar surface area (TPSA) is 116 Å². The zero-order valence-electron chi connectivity index (χ0n) is 18.0. The minimum atomic E-state index is -4.27. The van der Waals surface area contributed by atoms with Gasteiger partial charge in [-0.2, -0.15) is 8.42 Å². The molecule has 2 saturated carbocycles. The Morgan fingerprint density at radius 1 is 1.16 bits per heavy atom. The van der Waals surface area contributed by atoms with Crippen molar-refractivity contribution in [3.05, 3.63) is 63.7 Å². The molecule has 2 aromatic rings. The van der Waals surface area contributed by atoms with Crippen LogP contribution in [0.5, 0.6) is 5.75 Å². The van der Waals surface area contributed by atoms with Crippen molar-refractivity contribution in [2.75, 3.05) is 0 Å². The molecule has 0 radical (unpaired) electrons. The first kappa shape index (κ1) is 22.3. The summed E-state index contributed by atoms with van der Waals surface area (Å²) < 4.78 is 30.4. The van der Waals surface area contributed by atoms with E-state index in [9.17, 15) is 23.3 Å². The molecule has 2 aliphatic carbocycles. The first-order chi connectivity index (χ1) is 15.1. The number of benzene rings is 2. The molecule has 2 fully saturated rings. The van der Waals surface area contributed by atoms with Crippen LogP contribution in [0, 0.1) is 34.8 Å². The molecule has 4 rings (SSSR count). The smallest absolute Gasteiger partial charge is 0.339 e. The van der Waals surface area contributed by atoms with Crippen LogP contribution in [0.2, 0.25) is 0 Å². The Hall–Kier alpha value is -2.94. The molecule has 2 bridgehead atoms. The van der Waals surface area contributed by atoms with Crippen LogP contribution in [0.25, 0.3) is 0 Å². The molecule has 8 nitrogen and oxygen atoms in total. The number of carbonyl (C=O) groups is 1. The van der Waals surface area contributed by atoms with Crippen LogP contribution >= 0.6 is 0 Å². The number of hydrogen-bond acceptors (Lipinski definition) is 6. The lowest BCUT2D eigenvalue weighted by Crippen LogP contribution is -2.40. The molecule has 170 valence electrons. The lowest BCUT2D eigenvalue weighted by molar-refractivity contribution is -0.385. The van der Waals surface area contributed by atoms with Crippen LogP contribution in [-0.4, -0.2) is 25.3 Å². The van der Waals surface area contributed by atoms with E-state index in [0.717, 1.165) is 12.0 Å². The summed E-state index contributed by atoms with van der Waals surface area (Å²) in [6.45, 7) is 3.58. The van der Waals surface area contributed by atoms with Crippen molar-refractivity contribution >= 4 is 21.7 Å². The van der Waals surface area contributed by atoms with Crippen molar-refractivity contribution in [3.63, 3.8) is 0 Å². The molecule has 0 spiro atoms. The fraction of sp³-hybridized carbons (Fsp3) is 0.435. The van der Waals surface area contributed by atoms with Gasteiger partial charge in [0.25, 0.3) is 11.6 Å². The molecule has 4 atom stereocenters. The van der Waals surface area contributed by atoms with E-state index in [1.165, 1.54) is 69.0 Å². The summed E-state index contributed by atoms with van der Waals surface area (Å²) in [6, 6.07) is 9.48. The van der Waals surface area contributed by atoms with Crippen LogP contribution in [0.15, 0.2) is 47.4 Å². The second-order valence-corrected chi connectivity index (χ2v) is 10.4. The van der Waals surface area contributed by atoms with E-state index >= 15 is 0 Å². The number of rotatable bonds is 7.